The van der Waals surface area contributed by atoms with Gasteiger partial charge < -0.3 is 15.4 Å². The van der Waals surface area contributed by atoms with Gasteiger partial charge in [-0.2, -0.15) is 0 Å². The van der Waals surface area contributed by atoms with Crippen LogP contribution in [0.5, 0.6) is 5.75 Å². The van der Waals surface area contributed by atoms with E-state index in [4.69, 9.17) is 4.74 Å². The Kier molecular flexibility index (Phi) is 6.01. The van der Waals surface area contributed by atoms with Gasteiger partial charge in [-0.05, 0) is 58.1 Å². The van der Waals surface area contributed by atoms with E-state index < -0.39 is 0 Å². The number of benzene rings is 1. The molecule has 3 nitrogen and oxygen atoms in total. The van der Waals surface area contributed by atoms with Crippen LogP contribution in [0.1, 0.15) is 30.5 Å². The summed E-state index contributed by atoms with van der Waals surface area (Å²) in [4.78, 5) is 0. The molecule has 1 rings (SSSR count). The number of hydrogen-bond acceptors (Lipinski definition) is 3. The van der Waals surface area contributed by atoms with E-state index in [1.165, 1.54) is 11.1 Å². The number of rotatable bonds is 7. The molecule has 0 aliphatic rings. The summed E-state index contributed by atoms with van der Waals surface area (Å²) >= 11 is 0. The van der Waals surface area contributed by atoms with Gasteiger partial charge in [0.05, 0.1) is 6.61 Å². The summed E-state index contributed by atoms with van der Waals surface area (Å²) < 4.78 is 5.55. The van der Waals surface area contributed by atoms with Crippen molar-refractivity contribution in [2.45, 2.75) is 26.3 Å². The molecule has 1 unspecified atom stereocenters. The second kappa shape index (κ2) is 7.30. The van der Waals surface area contributed by atoms with E-state index in [1.807, 2.05) is 21.0 Å². The summed E-state index contributed by atoms with van der Waals surface area (Å²) in [6, 6.07) is 6.82. The molecule has 0 aliphatic carbocycles. The fourth-order valence-corrected chi connectivity index (χ4v) is 1.97. The van der Waals surface area contributed by atoms with Crippen LogP contribution in [0.15, 0.2) is 18.2 Å². The minimum absolute atomic E-state index is 0.400. The highest BCUT2D eigenvalue weighted by Crippen LogP contribution is 2.24. The van der Waals surface area contributed by atoms with Gasteiger partial charge in [0.25, 0.3) is 0 Å². The zero-order chi connectivity index (χ0) is 12.7. The molecule has 0 heterocycles. The van der Waals surface area contributed by atoms with Crippen molar-refractivity contribution in [2.75, 3.05) is 27.2 Å². The molecular weight excluding hydrogens is 212 g/mol. The first-order chi connectivity index (χ1) is 8.22. The highest BCUT2D eigenvalue weighted by molar-refractivity contribution is 5.37. The van der Waals surface area contributed by atoms with Crippen molar-refractivity contribution in [1.29, 1.82) is 0 Å². The van der Waals surface area contributed by atoms with Crippen molar-refractivity contribution in [3.05, 3.63) is 29.3 Å². The summed E-state index contributed by atoms with van der Waals surface area (Å²) in [6.07, 6.45) is 1.08. The Morgan fingerprint density at radius 1 is 1.29 bits per heavy atom. The molecule has 1 aromatic rings. The van der Waals surface area contributed by atoms with Crippen molar-refractivity contribution >= 4 is 0 Å². The molecule has 0 amide bonds. The molecule has 2 N–H and O–H groups in total. The summed E-state index contributed by atoms with van der Waals surface area (Å²) in [6.45, 7) is 5.84. The van der Waals surface area contributed by atoms with Gasteiger partial charge in [-0.3, -0.25) is 0 Å². The van der Waals surface area contributed by atoms with Crippen LogP contribution in [0.25, 0.3) is 0 Å². The van der Waals surface area contributed by atoms with E-state index in [1.54, 1.807) is 0 Å². The second-order valence-electron chi connectivity index (χ2n) is 4.19. The maximum Gasteiger partial charge on any atom is 0.122 e. The Balaban J connectivity index is 2.79. The first kappa shape index (κ1) is 14.0. The molecule has 96 valence electrons. The lowest BCUT2D eigenvalue weighted by Gasteiger charge is -2.18. The SMILES string of the molecule is CCOc1ccc(C(CCNC)NC)cc1C. The van der Waals surface area contributed by atoms with E-state index in [9.17, 15) is 0 Å². The second-order valence-corrected chi connectivity index (χ2v) is 4.19. The van der Waals surface area contributed by atoms with Crippen molar-refractivity contribution in [3.63, 3.8) is 0 Å². The summed E-state index contributed by atoms with van der Waals surface area (Å²) in [5, 5.41) is 6.53. The normalized spacial score (nSPS) is 12.5. The van der Waals surface area contributed by atoms with Crippen LogP contribution < -0.4 is 15.4 Å². The zero-order valence-electron chi connectivity index (χ0n) is 11.3. The molecule has 0 radical (unpaired) electrons. The molecule has 0 saturated carbocycles. The first-order valence-corrected chi connectivity index (χ1v) is 6.28. The van der Waals surface area contributed by atoms with Crippen LogP contribution in [0.4, 0.5) is 0 Å². The first-order valence-electron chi connectivity index (χ1n) is 6.28. The largest absolute Gasteiger partial charge is 0.494 e. The maximum atomic E-state index is 5.55. The molecule has 0 fully saturated rings. The van der Waals surface area contributed by atoms with Crippen LogP contribution >= 0.6 is 0 Å². The van der Waals surface area contributed by atoms with Crippen molar-refractivity contribution < 1.29 is 4.74 Å². The van der Waals surface area contributed by atoms with Gasteiger partial charge in [0.2, 0.25) is 0 Å². The maximum absolute atomic E-state index is 5.55. The molecule has 0 bridgehead atoms. The Morgan fingerprint density at radius 3 is 2.59 bits per heavy atom. The molecule has 3 heteroatoms. The van der Waals surface area contributed by atoms with E-state index in [-0.39, 0.29) is 0 Å². The number of hydrogen-bond donors (Lipinski definition) is 2. The van der Waals surface area contributed by atoms with Crippen molar-refractivity contribution in [3.8, 4) is 5.75 Å². The van der Waals surface area contributed by atoms with Gasteiger partial charge in [0.1, 0.15) is 5.75 Å². The Labute approximate surface area is 105 Å². The van der Waals surface area contributed by atoms with E-state index in [0.717, 1.165) is 25.3 Å². The van der Waals surface area contributed by atoms with Gasteiger partial charge in [0.15, 0.2) is 0 Å². The molecule has 0 aliphatic heterocycles. The minimum Gasteiger partial charge on any atom is -0.494 e. The van der Waals surface area contributed by atoms with Gasteiger partial charge in [-0.25, -0.2) is 0 Å². The van der Waals surface area contributed by atoms with Gasteiger partial charge in [-0.1, -0.05) is 12.1 Å². The molecular formula is C14H24N2O. The molecule has 0 aromatic heterocycles. The molecule has 1 atom stereocenters. The van der Waals surface area contributed by atoms with Crippen LogP contribution in [-0.4, -0.2) is 27.2 Å². The quantitative estimate of drug-likeness (QED) is 0.762. The van der Waals surface area contributed by atoms with Crippen molar-refractivity contribution in [1.82, 2.24) is 10.6 Å². The molecule has 17 heavy (non-hydrogen) atoms. The monoisotopic (exact) mass is 236 g/mol. The fourth-order valence-electron chi connectivity index (χ4n) is 1.97. The molecule has 0 saturated heterocycles. The highest BCUT2D eigenvalue weighted by atomic mass is 16.5. The number of nitrogens with one attached hydrogen (secondary N) is 2. The fraction of sp³-hybridized carbons (Fsp3) is 0.571. The summed E-state index contributed by atoms with van der Waals surface area (Å²) in [5.41, 5.74) is 2.53. The highest BCUT2D eigenvalue weighted by Gasteiger charge is 2.10. The van der Waals surface area contributed by atoms with Crippen LogP contribution in [-0.2, 0) is 0 Å². The third-order valence-electron chi connectivity index (χ3n) is 2.93. The summed E-state index contributed by atoms with van der Waals surface area (Å²) in [5.74, 6) is 0.986. The smallest absolute Gasteiger partial charge is 0.122 e. The molecule has 0 spiro atoms. The lowest BCUT2D eigenvalue weighted by atomic mass is 10.0. The predicted molar refractivity (Wildman–Crippen MR) is 72.7 cm³/mol. The van der Waals surface area contributed by atoms with Gasteiger partial charge >= 0.3 is 0 Å². The van der Waals surface area contributed by atoms with Crippen LogP contribution in [0, 0.1) is 6.92 Å². The van der Waals surface area contributed by atoms with Crippen molar-refractivity contribution in [2.24, 2.45) is 0 Å². The Hall–Kier alpha value is -1.06. The average Bonchev–Trinajstić information content (AvgIpc) is 2.33. The lowest BCUT2D eigenvalue weighted by Crippen LogP contribution is -2.21. The third kappa shape index (κ3) is 4.02. The third-order valence-corrected chi connectivity index (χ3v) is 2.93. The van der Waals surface area contributed by atoms with Crippen LogP contribution in [0.3, 0.4) is 0 Å². The Bertz CT molecular complexity index is 339. The zero-order valence-corrected chi connectivity index (χ0v) is 11.3. The standard InChI is InChI=1S/C14H24N2O/c1-5-17-14-7-6-12(10-11(14)2)13(16-4)8-9-15-3/h6-7,10,13,15-16H,5,8-9H2,1-4H3. The molecule has 1 aromatic carbocycles. The van der Waals surface area contributed by atoms with E-state index in [0.29, 0.717) is 6.04 Å². The van der Waals surface area contributed by atoms with Gasteiger partial charge in [0, 0.05) is 6.04 Å². The minimum atomic E-state index is 0.400. The van der Waals surface area contributed by atoms with Gasteiger partial charge in [-0.15, -0.1) is 0 Å². The lowest BCUT2D eigenvalue weighted by molar-refractivity contribution is 0.337. The average molecular weight is 236 g/mol. The predicted octanol–water partition coefficient (Wildman–Crippen LogP) is 2.26. The number of aryl methyl sites for hydroxylation is 1. The van der Waals surface area contributed by atoms with E-state index >= 15 is 0 Å². The Morgan fingerprint density at radius 2 is 2.06 bits per heavy atom. The summed E-state index contributed by atoms with van der Waals surface area (Å²) in [7, 11) is 3.99. The topological polar surface area (TPSA) is 33.3 Å². The van der Waals surface area contributed by atoms with Crippen LogP contribution in [0.2, 0.25) is 0 Å². The number of ether oxygens (including phenoxy) is 1. The van der Waals surface area contributed by atoms with E-state index in [2.05, 4.69) is 35.8 Å².